The molecule has 1 aliphatic rings. The quantitative estimate of drug-likeness (QED) is 0.765. The fraction of sp³-hybridized carbons (Fsp3) is 0.176. The van der Waals surface area contributed by atoms with Gasteiger partial charge in [-0.25, -0.2) is 0 Å². The molecule has 2 aromatic carbocycles. The third-order valence-corrected chi connectivity index (χ3v) is 3.85. The molecule has 1 aromatic heterocycles. The molecule has 3 aromatic rings. The molecule has 0 saturated heterocycles. The third kappa shape index (κ3) is 3.20. The van der Waals surface area contributed by atoms with Crippen LogP contribution in [0.15, 0.2) is 46.9 Å². The Labute approximate surface area is 143 Å². The van der Waals surface area contributed by atoms with Crippen molar-refractivity contribution in [2.75, 3.05) is 6.79 Å². The number of hydrogen-bond acceptors (Lipinski definition) is 6. The number of halogens is 1. The van der Waals surface area contributed by atoms with E-state index < -0.39 is 0 Å². The third-order valence-electron chi connectivity index (χ3n) is 3.60. The maximum atomic E-state index is 5.87. The molecule has 4 rings (SSSR count). The van der Waals surface area contributed by atoms with Crippen LogP contribution in [-0.2, 0) is 13.1 Å². The lowest BCUT2D eigenvalue weighted by molar-refractivity contribution is 0.174. The van der Waals surface area contributed by atoms with Crippen LogP contribution in [0.25, 0.3) is 11.5 Å². The Morgan fingerprint density at radius 1 is 0.958 bits per heavy atom. The van der Waals surface area contributed by atoms with Crippen molar-refractivity contribution in [3.8, 4) is 23.0 Å². The van der Waals surface area contributed by atoms with Crippen LogP contribution in [0, 0.1) is 0 Å². The predicted molar refractivity (Wildman–Crippen MR) is 87.9 cm³/mol. The molecule has 122 valence electrons. The molecule has 0 spiro atoms. The highest BCUT2D eigenvalue weighted by atomic mass is 35.5. The standard InChI is InChI=1S/C17H14ClN3O3/c18-13-4-2-12(3-5-13)17-21-20-16(24-17)9-19-8-11-1-6-14-15(7-11)23-10-22-14/h1-7,19H,8-10H2. The number of nitrogens with zero attached hydrogens (tertiary/aromatic N) is 2. The summed E-state index contributed by atoms with van der Waals surface area (Å²) in [6.07, 6.45) is 0. The first-order valence-corrected chi connectivity index (χ1v) is 7.83. The van der Waals surface area contributed by atoms with Crippen molar-refractivity contribution in [1.82, 2.24) is 15.5 Å². The Hall–Kier alpha value is -2.57. The van der Waals surface area contributed by atoms with Crippen LogP contribution in [0.4, 0.5) is 0 Å². The van der Waals surface area contributed by atoms with E-state index in [0.717, 1.165) is 22.6 Å². The largest absolute Gasteiger partial charge is 0.454 e. The molecule has 0 radical (unpaired) electrons. The molecule has 1 aliphatic heterocycles. The molecule has 7 heteroatoms. The van der Waals surface area contributed by atoms with Gasteiger partial charge in [0.25, 0.3) is 0 Å². The minimum absolute atomic E-state index is 0.279. The average Bonchev–Trinajstić information content (AvgIpc) is 3.24. The fourth-order valence-electron chi connectivity index (χ4n) is 2.40. The molecule has 0 amide bonds. The van der Waals surface area contributed by atoms with E-state index in [0.29, 0.717) is 29.9 Å². The van der Waals surface area contributed by atoms with Gasteiger partial charge in [-0.2, -0.15) is 0 Å². The first-order chi connectivity index (χ1) is 11.8. The first-order valence-electron chi connectivity index (χ1n) is 7.45. The number of rotatable bonds is 5. The number of ether oxygens (including phenoxy) is 2. The van der Waals surface area contributed by atoms with Gasteiger partial charge in [0.05, 0.1) is 6.54 Å². The molecule has 0 aliphatic carbocycles. The normalized spacial score (nSPS) is 12.5. The Bertz CT molecular complexity index is 849. The lowest BCUT2D eigenvalue weighted by Gasteiger charge is -2.03. The first kappa shape index (κ1) is 15.0. The van der Waals surface area contributed by atoms with Crippen molar-refractivity contribution in [2.24, 2.45) is 0 Å². The van der Waals surface area contributed by atoms with Crippen LogP contribution >= 0.6 is 11.6 Å². The minimum atomic E-state index is 0.279. The van der Waals surface area contributed by atoms with Gasteiger partial charge in [0, 0.05) is 17.1 Å². The molecule has 0 atom stereocenters. The minimum Gasteiger partial charge on any atom is -0.454 e. The summed E-state index contributed by atoms with van der Waals surface area (Å²) in [7, 11) is 0. The molecule has 0 unspecified atom stereocenters. The predicted octanol–water partition coefficient (Wildman–Crippen LogP) is 3.41. The van der Waals surface area contributed by atoms with Gasteiger partial charge in [0.2, 0.25) is 18.6 Å². The molecule has 6 nitrogen and oxygen atoms in total. The van der Waals surface area contributed by atoms with Gasteiger partial charge in [-0.3, -0.25) is 0 Å². The average molecular weight is 344 g/mol. The van der Waals surface area contributed by atoms with Crippen LogP contribution in [0.2, 0.25) is 5.02 Å². The molecule has 0 fully saturated rings. The van der Waals surface area contributed by atoms with Gasteiger partial charge in [0.15, 0.2) is 11.5 Å². The Balaban J connectivity index is 1.36. The van der Waals surface area contributed by atoms with E-state index in [2.05, 4.69) is 15.5 Å². The Morgan fingerprint density at radius 2 is 1.79 bits per heavy atom. The Kier molecular flexibility index (Phi) is 4.06. The maximum Gasteiger partial charge on any atom is 0.247 e. The highest BCUT2D eigenvalue weighted by Gasteiger charge is 2.13. The SMILES string of the molecule is Clc1ccc(-c2nnc(CNCc3ccc4c(c3)OCO4)o2)cc1. The van der Waals surface area contributed by atoms with Gasteiger partial charge in [-0.1, -0.05) is 17.7 Å². The van der Waals surface area contributed by atoms with Gasteiger partial charge >= 0.3 is 0 Å². The smallest absolute Gasteiger partial charge is 0.247 e. The van der Waals surface area contributed by atoms with Crippen molar-refractivity contribution in [3.63, 3.8) is 0 Å². The maximum absolute atomic E-state index is 5.87. The summed E-state index contributed by atoms with van der Waals surface area (Å²) in [6, 6.07) is 13.1. The second-order valence-corrected chi connectivity index (χ2v) is 5.74. The van der Waals surface area contributed by atoms with E-state index in [1.54, 1.807) is 12.1 Å². The summed E-state index contributed by atoms with van der Waals surface area (Å²) < 4.78 is 16.3. The highest BCUT2D eigenvalue weighted by Crippen LogP contribution is 2.32. The lowest BCUT2D eigenvalue weighted by atomic mass is 10.2. The number of hydrogen-bond donors (Lipinski definition) is 1. The fourth-order valence-corrected chi connectivity index (χ4v) is 2.52. The zero-order valence-corrected chi connectivity index (χ0v) is 13.4. The number of nitrogens with one attached hydrogen (secondary N) is 1. The summed E-state index contributed by atoms with van der Waals surface area (Å²) >= 11 is 5.87. The zero-order chi connectivity index (χ0) is 16.4. The monoisotopic (exact) mass is 343 g/mol. The van der Waals surface area contributed by atoms with Crippen LogP contribution in [0.3, 0.4) is 0 Å². The van der Waals surface area contributed by atoms with Crippen LogP contribution in [0.5, 0.6) is 11.5 Å². The van der Waals surface area contributed by atoms with Crippen molar-refractivity contribution in [1.29, 1.82) is 0 Å². The number of fused-ring (bicyclic) bond motifs is 1. The van der Waals surface area contributed by atoms with Gasteiger partial charge in [0.1, 0.15) is 0 Å². The topological polar surface area (TPSA) is 69.4 Å². The Morgan fingerprint density at radius 3 is 2.67 bits per heavy atom. The zero-order valence-electron chi connectivity index (χ0n) is 12.7. The van der Waals surface area contributed by atoms with E-state index in [1.165, 1.54) is 0 Å². The van der Waals surface area contributed by atoms with Crippen molar-refractivity contribution in [2.45, 2.75) is 13.1 Å². The summed E-state index contributed by atoms with van der Waals surface area (Å²) in [5.41, 5.74) is 1.94. The van der Waals surface area contributed by atoms with Crippen LogP contribution < -0.4 is 14.8 Å². The molecular weight excluding hydrogens is 330 g/mol. The van der Waals surface area contributed by atoms with Crippen molar-refractivity contribution < 1.29 is 13.9 Å². The highest BCUT2D eigenvalue weighted by molar-refractivity contribution is 6.30. The molecule has 24 heavy (non-hydrogen) atoms. The van der Waals surface area contributed by atoms with E-state index in [1.807, 2.05) is 30.3 Å². The molecule has 1 N–H and O–H groups in total. The van der Waals surface area contributed by atoms with Crippen molar-refractivity contribution in [3.05, 3.63) is 58.9 Å². The van der Waals surface area contributed by atoms with Crippen LogP contribution in [0.1, 0.15) is 11.5 Å². The molecular formula is C17H14ClN3O3. The molecule has 2 heterocycles. The van der Waals surface area contributed by atoms with Crippen LogP contribution in [-0.4, -0.2) is 17.0 Å². The van der Waals surface area contributed by atoms with Gasteiger partial charge in [-0.15, -0.1) is 10.2 Å². The lowest BCUT2D eigenvalue weighted by Crippen LogP contribution is -2.12. The van der Waals surface area contributed by atoms with Crippen molar-refractivity contribution >= 4 is 11.6 Å². The summed E-state index contributed by atoms with van der Waals surface area (Å²) in [4.78, 5) is 0. The van der Waals surface area contributed by atoms with Gasteiger partial charge < -0.3 is 19.2 Å². The molecule has 0 saturated carbocycles. The van der Waals surface area contributed by atoms with E-state index in [9.17, 15) is 0 Å². The van der Waals surface area contributed by atoms with E-state index >= 15 is 0 Å². The second-order valence-electron chi connectivity index (χ2n) is 5.30. The number of aromatic nitrogens is 2. The second kappa shape index (κ2) is 6.51. The summed E-state index contributed by atoms with van der Waals surface area (Å²) in [5.74, 6) is 2.56. The number of benzene rings is 2. The molecule has 0 bridgehead atoms. The summed E-state index contributed by atoms with van der Waals surface area (Å²) in [6.45, 7) is 1.42. The summed E-state index contributed by atoms with van der Waals surface area (Å²) in [5, 5.41) is 12.0. The van der Waals surface area contributed by atoms with E-state index in [4.69, 9.17) is 25.5 Å². The van der Waals surface area contributed by atoms with Gasteiger partial charge in [-0.05, 0) is 42.0 Å². The van der Waals surface area contributed by atoms with E-state index in [-0.39, 0.29) is 6.79 Å².